The zero-order chi connectivity index (χ0) is 37.5. The van der Waals surface area contributed by atoms with Crippen LogP contribution in [-0.2, 0) is 0 Å². The van der Waals surface area contributed by atoms with Gasteiger partial charge in [0, 0.05) is 43.4 Å². The van der Waals surface area contributed by atoms with Crippen LogP contribution in [-0.4, -0.2) is 19.5 Å². The molecule has 0 fully saturated rings. The SMILES string of the molecule is c1ccc(-c2ccc(-c3nc(-c4ccccc4)nc(-n4c5ccccc5c5c(-c6ccc7oc8ccccc8c7c6)cc6c7ccccc7oc6c54)n3)cc2)cc1. The molecule has 0 amide bonds. The van der Waals surface area contributed by atoms with Crippen LogP contribution in [0.25, 0.3) is 117 Å². The number of para-hydroxylation sites is 3. The van der Waals surface area contributed by atoms with Gasteiger partial charge in [-0.3, -0.25) is 4.57 Å². The van der Waals surface area contributed by atoms with Crippen molar-refractivity contribution in [1.82, 2.24) is 19.5 Å². The molecule has 57 heavy (non-hydrogen) atoms. The summed E-state index contributed by atoms with van der Waals surface area (Å²) in [5.74, 6) is 1.68. The van der Waals surface area contributed by atoms with Crippen molar-refractivity contribution < 1.29 is 8.83 Å². The summed E-state index contributed by atoms with van der Waals surface area (Å²) in [5.41, 5.74) is 11.4. The van der Waals surface area contributed by atoms with E-state index in [4.69, 9.17) is 23.8 Å². The van der Waals surface area contributed by atoms with E-state index >= 15 is 0 Å². The molecular formula is C51H30N4O2. The number of benzene rings is 8. The van der Waals surface area contributed by atoms with Crippen LogP contribution in [0.4, 0.5) is 0 Å². The number of aromatic nitrogens is 4. The topological polar surface area (TPSA) is 69.9 Å². The highest BCUT2D eigenvalue weighted by atomic mass is 16.3. The molecule has 6 heteroatoms. The minimum Gasteiger partial charge on any atom is -0.456 e. The zero-order valence-electron chi connectivity index (χ0n) is 30.4. The molecule has 0 N–H and O–H groups in total. The Labute approximate surface area is 325 Å². The van der Waals surface area contributed by atoms with Crippen LogP contribution in [0, 0.1) is 0 Å². The van der Waals surface area contributed by atoms with E-state index in [2.05, 4.69) is 126 Å². The fraction of sp³-hybridized carbons (Fsp3) is 0. The molecule has 6 nitrogen and oxygen atoms in total. The normalized spacial score (nSPS) is 11.9. The van der Waals surface area contributed by atoms with Gasteiger partial charge in [-0.15, -0.1) is 0 Å². The number of hydrogen-bond acceptors (Lipinski definition) is 5. The standard InChI is InChI=1S/C51H30N4O2/c1-3-13-31(14-4-1)32-23-25-34(26-24-32)50-52-49(33-15-5-2-6-16-33)53-51(54-50)55-42-20-10-7-19-38(42)46-39(30-41-37-18-9-12-22-44(37)57-48(41)47(46)55)35-27-28-45-40(29-35)36-17-8-11-21-43(36)56-45/h1-30H. The van der Waals surface area contributed by atoms with Crippen molar-refractivity contribution in [2.75, 3.05) is 0 Å². The molecule has 4 aromatic heterocycles. The fourth-order valence-electron chi connectivity index (χ4n) is 8.41. The van der Waals surface area contributed by atoms with Gasteiger partial charge in [-0.05, 0) is 58.7 Å². The smallest absolute Gasteiger partial charge is 0.238 e. The summed E-state index contributed by atoms with van der Waals surface area (Å²) in [5, 5.41) is 6.35. The second kappa shape index (κ2) is 12.3. The maximum absolute atomic E-state index is 6.84. The average Bonchev–Trinajstić information content (AvgIpc) is 3.96. The van der Waals surface area contributed by atoms with Crippen LogP contribution in [0.3, 0.4) is 0 Å². The summed E-state index contributed by atoms with van der Waals surface area (Å²) >= 11 is 0. The van der Waals surface area contributed by atoms with Gasteiger partial charge < -0.3 is 8.83 Å². The molecule has 8 aromatic carbocycles. The van der Waals surface area contributed by atoms with E-state index in [1.807, 2.05) is 60.7 Å². The van der Waals surface area contributed by atoms with E-state index in [1.54, 1.807) is 0 Å². The average molecular weight is 731 g/mol. The van der Waals surface area contributed by atoms with Crippen LogP contribution >= 0.6 is 0 Å². The molecule has 0 radical (unpaired) electrons. The van der Waals surface area contributed by atoms with Gasteiger partial charge in [0.25, 0.3) is 0 Å². The quantitative estimate of drug-likeness (QED) is 0.176. The Morgan fingerprint density at radius 2 is 0.895 bits per heavy atom. The summed E-state index contributed by atoms with van der Waals surface area (Å²) in [7, 11) is 0. The van der Waals surface area contributed by atoms with Gasteiger partial charge in [0.2, 0.25) is 5.95 Å². The number of hydrogen-bond donors (Lipinski definition) is 0. The van der Waals surface area contributed by atoms with Gasteiger partial charge in [-0.2, -0.15) is 9.97 Å². The Hall–Kier alpha value is -7.83. The maximum Gasteiger partial charge on any atom is 0.238 e. The Kier molecular flexibility index (Phi) is 6.83. The van der Waals surface area contributed by atoms with E-state index in [1.165, 1.54) is 0 Å². The van der Waals surface area contributed by atoms with Crippen molar-refractivity contribution in [3.8, 4) is 51.0 Å². The lowest BCUT2D eigenvalue weighted by atomic mass is 9.95. The molecule has 0 bridgehead atoms. The first-order valence-electron chi connectivity index (χ1n) is 19.0. The molecule has 266 valence electrons. The largest absolute Gasteiger partial charge is 0.456 e. The van der Waals surface area contributed by atoms with E-state index in [9.17, 15) is 0 Å². The molecule has 0 aliphatic heterocycles. The van der Waals surface area contributed by atoms with Crippen molar-refractivity contribution in [3.63, 3.8) is 0 Å². The van der Waals surface area contributed by atoms with Crippen LogP contribution in [0.2, 0.25) is 0 Å². The molecule has 0 aliphatic carbocycles. The minimum atomic E-state index is 0.507. The lowest BCUT2D eigenvalue weighted by Gasteiger charge is -2.12. The second-order valence-corrected chi connectivity index (χ2v) is 14.4. The van der Waals surface area contributed by atoms with Crippen LogP contribution in [0.15, 0.2) is 191 Å². The van der Waals surface area contributed by atoms with Gasteiger partial charge in [-0.25, -0.2) is 4.98 Å². The first-order valence-corrected chi connectivity index (χ1v) is 19.0. The van der Waals surface area contributed by atoms with Gasteiger partial charge in [-0.1, -0.05) is 146 Å². The van der Waals surface area contributed by atoms with Crippen molar-refractivity contribution in [3.05, 3.63) is 182 Å². The van der Waals surface area contributed by atoms with Crippen molar-refractivity contribution in [2.45, 2.75) is 0 Å². The fourth-order valence-corrected chi connectivity index (χ4v) is 8.41. The molecule has 12 aromatic rings. The first kappa shape index (κ1) is 31.5. The van der Waals surface area contributed by atoms with Crippen LogP contribution in [0.1, 0.15) is 0 Å². The van der Waals surface area contributed by atoms with E-state index in [0.717, 1.165) is 99.1 Å². The van der Waals surface area contributed by atoms with Crippen molar-refractivity contribution >= 4 is 65.7 Å². The second-order valence-electron chi connectivity index (χ2n) is 14.4. The molecule has 4 heterocycles. The number of furan rings is 2. The van der Waals surface area contributed by atoms with Gasteiger partial charge in [0.05, 0.1) is 5.52 Å². The maximum atomic E-state index is 6.84. The summed E-state index contributed by atoms with van der Waals surface area (Å²) in [4.78, 5) is 15.6. The van der Waals surface area contributed by atoms with E-state index in [-0.39, 0.29) is 0 Å². The molecule has 0 spiro atoms. The predicted molar refractivity (Wildman–Crippen MR) is 230 cm³/mol. The molecule has 0 unspecified atom stereocenters. The van der Waals surface area contributed by atoms with Gasteiger partial charge in [0.15, 0.2) is 17.2 Å². The minimum absolute atomic E-state index is 0.507. The monoisotopic (exact) mass is 730 g/mol. The summed E-state index contributed by atoms with van der Waals surface area (Å²) < 4.78 is 15.3. The molecular weight excluding hydrogens is 701 g/mol. The first-order chi connectivity index (χ1) is 28.2. The summed E-state index contributed by atoms with van der Waals surface area (Å²) in [6.45, 7) is 0. The molecule has 0 saturated carbocycles. The Balaban J connectivity index is 1.18. The van der Waals surface area contributed by atoms with Crippen LogP contribution < -0.4 is 0 Å². The Morgan fingerprint density at radius 3 is 1.63 bits per heavy atom. The number of fused-ring (bicyclic) bond motifs is 10. The number of nitrogens with zero attached hydrogens (tertiary/aromatic N) is 4. The summed E-state index contributed by atoms with van der Waals surface area (Å²) in [6, 6.07) is 62.7. The number of rotatable bonds is 5. The third-order valence-corrected chi connectivity index (χ3v) is 11.1. The molecule has 0 saturated heterocycles. The lowest BCUT2D eigenvalue weighted by Crippen LogP contribution is -2.06. The van der Waals surface area contributed by atoms with Gasteiger partial charge in [0.1, 0.15) is 22.3 Å². The highest BCUT2D eigenvalue weighted by molar-refractivity contribution is 6.26. The molecule has 0 atom stereocenters. The van der Waals surface area contributed by atoms with Gasteiger partial charge >= 0.3 is 0 Å². The third-order valence-electron chi connectivity index (χ3n) is 11.1. The molecule has 0 aliphatic rings. The van der Waals surface area contributed by atoms with E-state index < -0.39 is 0 Å². The Morgan fingerprint density at radius 1 is 0.368 bits per heavy atom. The van der Waals surface area contributed by atoms with E-state index in [0.29, 0.717) is 17.6 Å². The predicted octanol–water partition coefficient (Wildman–Crippen LogP) is 13.4. The van der Waals surface area contributed by atoms with Crippen LogP contribution in [0.5, 0.6) is 0 Å². The molecule has 12 rings (SSSR count). The third kappa shape index (κ3) is 4.94. The van der Waals surface area contributed by atoms with Crippen molar-refractivity contribution in [2.24, 2.45) is 0 Å². The van der Waals surface area contributed by atoms with Crippen molar-refractivity contribution in [1.29, 1.82) is 0 Å². The zero-order valence-corrected chi connectivity index (χ0v) is 30.4. The Bertz CT molecular complexity index is 3510. The summed E-state index contributed by atoms with van der Waals surface area (Å²) in [6.07, 6.45) is 0. The highest BCUT2D eigenvalue weighted by Gasteiger charge is 2.25. The lowest BCUT2D eigenvalue weighted by molar-refractivity contribution is 0.669. The highest BCUT2D eigenvalue weighted by Crippen LogP contribution is 2.46.